The van der Waals surface area contributed by atoms with Gasteiger partial charge in [0.05, 0.1) is 6.61 Å². The molecular weight excluding hydrogens is 729 g/mol. The van der Waals surface area contributed by atoms with Gasteiger partial charge in [-0.05, 0) is 77.0 Å². The molecule has 0 amide bonds. The molecule has 0 spiro atoms. The molecule has 0 bridgehead atoms. The molecule has 0 fully saturated rings. The van der Waals surface area contributed by atoms with Gasteiger partial charge in [-0.15, -0.1) is 0 Å². The third-order valence-electron chi connectivity index (χ3n) is 11.3. The van der Waals surface area contributed by atoms with Gasteiger partial charge in [-0.1, -0.05) is 225 Å². The third-order valence-corrected chi connectivity index (χ3v) is 11.3. The molecular formula is C54H102O5. The summed E-state index contributed by atoms with van der Waals surface area (Å²) in [5.74, 6) is -0.680. The first-order valence-corrected chi connectivity index (χ1v) is 26.2. The van der Waals surface area contributed by atoms with E-state index in [1.807, 2.05) is 0 Å². The van der Waals surface area contributed by atoms with Gasteiger partial charge >= 0.3 is 17.9 Å². The van der Waals surface area contributed by atoms with E-state index in [0.717, 1.165) is 51.4 Å². The Morgan fingerprint density at radius 3 is 0.831 bits per heavy atom. The molecule has 0 aliphatic rings. The number of hydrogen-bond acceptors (Lipinski definition) is 5. The second kappa shape index (κ2) is 54.1. The molecule has 5 heteroatoms. The van der Waals surface area contributed by atoms with Crippen LogP contribution in [0.2, 0.25) is 0 Å². The fourth-order valence-electron chi connectivity index (χ4n) is 7.28. The van der Waals surface area contributed by atoms with Crippen molar-refractivity contribution in [1.82, 2.24) is 0 Å². The van der Waals surface area contributed by atoms with Crippen LogP contribution in [0.5, 0.6) is 0 Å². The molecule has 0 aromatic heterocycles. The highest BCUT2D eigenvalue weighted by atomic mass is 16.6. The minimum Gasteiger partial charge on any atom is -0.466 e. The zero-order valence-corrected chi connectivity index (χ0v) is 40.3. The van der Waals surface area contributed by atoms with Crippen molar-refractivity contribution in [2.45, 2.75) is 297 Å². The number of unbranched alkanes of at least 4 members (excludes halogenated alkanes) is 33. The zero-order chi connectivity index (χ0) is 43.4. The maximum Gasteiger partial charge on any atom is 0.313 e. The monoisotopic (exact) mass is 831 g/mol. The number of ether oxygens (including phenoxy) is 2. The highest BCUT2D eigenvalue weighted by molar-refractivity contribution is 5.85. The highest BCUT2D eigenvalue weighted by Crippen LogP contribution is 2.14. The minimum absolute atomic E-state index is 0.00412. The van der Waals surface area contributed by atoms with Crippen LogP contribution in [0.15, 0.2) is 24.3 Å². The number of esters is 3. The molecule has 5 nitrogen and oxygen atoms in total. The first-order chi connectivity index (χ1) is 29.0. The van der Waals surface area contributed by atoms with E-state index in [4.69, 9.17) is 9.47 Å². The average molecular weight is 831 g/mol. The van der Waals surface area contributed by atoms with E-state index >= 15 is 0 Å². The minimum atomic E-state index is -0.342. The van der Waals surface area contributed by atoms with Crippen LogP contribution >= 0.6 is 0 Å². The van der Waals surface area contributed by atoms with Crippen LogP contribution in [0.25, 0.3) is 0 Å². The molecule has 0 saturated carbocycles. The summed E-state index contributed by atoms with van der Waals surface area (Å²) in [6.45, 7) is 9.59. The van der Waals surface area contributed by atoms with Gasteiger partial charge in [-0.2, -0.15) is 0 Å². The Bertz CT molecular complexity index is 858. The van der Waals surface area contributed by atoms with E-state index in [9.17, 15) is 14.4 Å². The lowest BCUT2D eigenvalue weighted by Crippen LogP contribution is -2.11. The van der Waals surface area contributed by atoms with Crippen molar-refractivity contribution in [3.8, 4) is 0 Å². The highest BCUT2D eigenvalue weighted by Gasteiger charge is 2.10. The Balaban J connectivity index is 0. The number of carbonyl (C=O) groups is 3. The van der Waals surface area contributed by atoms with Crippen molar-refractivity contribution in [2.75, 3.05) is 6.61 Å². The van der Waals surface area contributed by atoms with Crippen molar-refractivity contribution in [3.63, 3.8) is 0 Å². The molecule has 0 atom stereocenters. The molecule has 0 heterocycles. The Morgan fingerprint density at radius 1 is 0.288 bits per heavy atom. The smallest absolute Gasteiger partial charge is 0.313 e. The third kappa shape index (κ3) is 56.1. The van der Waals surface area contributed by atoms with Gasteiger partial charge in [0.25, 0.3) is 0 Å². The van der Waals surface area contributed by atoms with E-state index < -0.39 is 0 Å². The van der Waals surface area contributed by atoms with Gasteiger partial charge in [-0.3, -0.25) is 14.4 Å². The van der Waals surface area contributed by atoms with Gasteiger partial charge in [0.2, 0.25) is 0 Å². The van der Waals surface area contributed by atoms with E-state index in [1.165, 1.54) is 199 Å². The summed E-state index contributed by atoms with van der Waals surface area (Å²) in [6, 6.07) is 0. The molecule has 0 radical (unpaired) electrons. The zero-order valence-electron chi connectivity index (χ0n) is 40.3. The maximum atomic E-state index is 11.9. The summed E-state index contributed by atoms with van der Waals surface area (Å²) >= 11 is 0. The van der Waals surface area contributed by atoms with Crippen molar-refractivity contribution in [1.29, 1.82) is 0 Å². The van der Waals surface area contributed by atoms with Crippen molar-refractivity contribution < 1.29 is 23.9 Å². The van der Waals surface area contributed by atoms with E-state index in [0.29, 0.717) is 25.9 Å². The fraction of sp³-hybridized carbons (Fsp3) is 0.870. The first-order valence-electron chi connectivity index (χ1n) is 26.2. The van der Waals surface area contributed by atoms with Crippen LogP contribution in [0.1, 0.15) is 297 Å². The van der Waals surface area contributed by atoms with Gasteiger partial charge in [0, 0.05) is 19.3 Å². The number of carbonyl (C=O) groups excluding carboxylic acids is 3. The summed E-state index contributed by atoms with van der Waals surface area (Å²) in [7, 11) is 0. The fourth-order valence-corrected chi connectivity index (χ4v) is 7.28. The molecule has 0 aliphatic heterocycles. The summed E-state index contributed by atoms with van der Waals surface area (Å²) in [5.41, 5.74) is 0. The molecule has 0 aliphatic carbocycles. The van der Waals surface area contributed by atoms with Crippen LogP contribution in [0.4, 0.5) is 0 Å². The predicted molar refractivity (Wildman–Crippen MR) is 257 cm³/mol. The summed E-state index contributed by atoms with van der Waals surface area (Å²) < 4.78 is 10.2. The Kier molecular flexibility index (Phi) is 54.3. The Labute approximate surface area is 368 Å². The van der Waals surface area contributed by atoms with Crippen LogP contribution in [-0.2, 0) is 23.9 Å². The predicted octanol–water partition coefficient (Wildman–Crippen LogP) is 18.2. The number of rotatable bonds is 45. The second-order valence-corrected chi connectivity index (χ2v) is 17.4. The number of allylic oxidation sites excluding steroid dienone is 4. The standard InChI is InChI=1S/C36H66O3.C18H36O2/c1-3-5-7-9-11-13-15-17-19-21-23-25-27-29-31-33-35(37)39-36(38)34-32-30-28-26-24-22-20-18-16-14-12-10-8-6-4-2;1-3-5-7-9-10-11-12-13-14-16-18(19)20-17-15-8-6-4-2/h17-20H,3-16,21-34H2,1-2H3;3-17H2,1-2H3/b19-17-,20-18-;. The molecule has 0 N–H and O–H groups in total. The van der Waals surface area contributed by atoms with Gasteiger partial charge < -0.3 is 9.47 Å². The van der Waals surface area contributed by atoms with Crippen LogP contribution in [0.3, 0.4) is 0 Å². The van der Waals surface area contributed by atoms with Crippen molar-refractivity contribution in [3.05, 3.63) is 24.3 Å². The van der Waals surface area contributed by atoms with Crippen molar-refractivity contribution >= 4 is 17.9 Å². The first kappa shape index (κ1) is 59.2. The Hall–Kier alpha value is -1.91. The quantitative estimate of drug-likeness (QED) is 0.0265. The molecule has 348 valence electrons. The molecule has 0 saturated heterocycles. The molecule has 0 aromatic carbocycles. The lowest BCUT2D eigenvalue weighted by Gasteiger charge is -2.05. The summed E-state index contributed by atoms with van der Waals surface area (Å²) in [4.78, 5) is 35.2. The van der Waals surface area contributed by atoms with Crippen LogP contribution in [0, 0.1) is 0 Å². The maximum absolute atomic E-state index is 11.9. The topological polar surface area (TPSA) is 69.7 Å². The summed E-state index contributed by atoms with van der Waals surface area (Å²) in [5, 5.41) is 0. The molecule has 0 rings (SSSR count). The SMILES string of the molecule is CCCCCCCC/C=C\CCCCCCCC(=O)OC(=O)CCCCCCC/C=C\CCCCCCCC.CCCCCCCCCCCC(=O)OCCCCCC. The van der Waals surface area contributed by atoms with Gasteiger partial charge in [-0.25, -0.2) is 0 Å². The largest absolute Gasteiger partial charge is 0.466 e. The van der Waals surface area contributed by atoms with Gasteiger partial charge in [0.15, 0.2) is 0 Å². The summed E-state index contributed by atoms with van der Waals surface area (Å²) in [6.07, 6.45) is 59.1. The average Bonchev–Trinajstić information content (AvgIpc) is 3.23. The Morgan fingerprint density at radius 2 is 0.525 bits per heavy atom. The normalized spacial score (nSPS) is 11.3. The van der Waals surface area contributed by atoms with Crippen LogP contribution in [-0.4, -0.2) is 24.5 Å². The van der Waals surface area contributed by atoms with E-state index in [2.05, 4.69) is 52.0 Å². The lowest BCUT2D eigenvalue weighted by atomic mass is 10.1. The van der Waals surface area contributed by atoms with E-state index in [-0.39, 0.29) is 17.9 Å². The molecule has 0 unspecified atom stereocenters. The molecule has 0 aromatic rings. The van der Waals surface area contributed by atoms with Crippen LogP contribution < -0.4 is 0 Å². The lowest BCUT2D eigenvalue weighted by molar-refractivity contribution is -0.159. The van der Waals surface area contributed by atoms with E-state index in [1.54, 1.807) is 0 Å². The van der Waals surface area contributed by atoms with Crippen molar-refractivity contribution in [2.24, 2.45) is 0 Å². The van der Waals surface area contributed by atoms with Gasteiger partial charge in [0.1, 0.15) is 0 Å². The molecule has 59 heavy (non-hydrogen) atoms. The second-order valence-electron chi connectivity index (χ2n) is 17.4. The number of hydrogen-bond donors (Lipinski definition) is 0.